The summed E-state index contributed by atoms with van der Waals surface area (Å²) < 4.78 is 29.3. The molecule has 0 bridgehead atoms. The average molecular weight is 437 g/mol. The first kappa shape index (κ1) is 21.4. The van der Waals surface area contributed by atoms with E-state index in [4.69, 9.17) is 0 Å². The molecular formula is C23H21F2N5O2. The smallest absolute Gasteiger partial charge is 0.267 e. The van der Waals surface area contributed by atoms with E-state index < -0.39 is 11.7 Å². The molecule has 2 heterocycles. The van der Waals surface area contributed by atoms with Crippen LogP contribution in [0.1, 0.15) is 29.8 Å². The van der Waals surface area contributed by atoms with Crippen molar-refractivity contribution in [3.63, 3.8) is 0 Å². The number of benzene rings is 2. The molecule has 0 radical (unpaired) electrons. The molecule has 32 heavy (non-hydrogen) atoms. The van der Waals surface area contributed by atoms with E-state index in [0.717, 1.165) is 0 Å². The van der Waals surface area contributed by atoms with Crippen LogP contribution in [-0.2, 0) is 22.7 Å². The number of hydrogen-bond acceptors (Lipinski definition) is 4. The lowest BCUT2D eigenvalue weighted by molar-refractivity contribution is -0.132. The maximum absolute atomic E-state index is 14.5. The molecule has 1 aliphatic rings. The zero-order chi connectivity index (χ0) is 22.7. The molecule has 0 saturated heterocycles. The van der Waals surface area contributed by atoms with Crippen molar-refractivity contribution in [3.05, 3.63) is 83.4 Å². The second-order valence-electron chi connectivity index (χ2n) is 7.44. The van der Waals surface area contributed by atoms with Crippen LogP contribution >= 0.6 is 0 Å². The largest absolute Gasteiger partial charge is 0.347 e. The fourth-order valence-electron chi connectivity index (χ4n) is 3.42. The Kier molecular flexibility index (Phi) is 6.07. The summed E-state index contributed by atoms with van der Waals surface area (Å²) in [4.78, 5) is 28.8. The number of nitrogens with zero attached hydrogens (tertiary/aromatic N) is 4. The summed E-state index contributed by atoms with van der Waals surface area (Å²) in [5.74, 6) is -0.759. The Hall–Kier alpha value is -3.88. The molecule has 1 N–H and O–H groups in total. The Balaban J connectivity index is 1.41. The fourth-order valence-corrected chi connectivity index (χ4v) is 3.42. The summed E-state index contributed by atoms with van der Waals surface area (Å²) in [6.45, 7) is 2.04. The van der Waals surface area contributed by atoms with Crippen molar-refractivity contribution in [1.29, 1.82) is 0 Å². The van der Waals surface area contributed by atoms with Gasteiger partial charge in [-0.1, -0.05) is 18.2 Å². The highest BCUT2D eigenvalue weighted by Gasteiger charge is 2.24. The zero-order valence-electron chi connectivity index (χ0n) is 17.4. The third-order valence-electron chi connectivity index (χ3n) is 5.16. The van der Waals surface area contributed by atoms with Gasteiger partial charge in [-0.15, -0.1) is 0 Å². The lowest BCUT2D eigenvalue weighted by Crippen LogP contribution is -2.38. The summed E-state index contributed by atoms with van der Waals surface area (Å²) in [5, 5.41) is 8.12. The maximum atomic E-state index is 14.5. The number of amides is 2. The van der Waals surface area contributed by atoms with E-state index in [-0.39, 0.29) is 43.4 Å². The highest BCUT2D eigenvalue weighted by molar-refractivity contribution is 6.39. The monoisotopic (exact) mass is 437 g/mol. The lowest BCUT2D eigenvalue weighted by atomic mass is 10.1. The van der Waals surface area contributed by atoms with Gasteiger partial charge in [0.15, 0.2) is 0 Å². The molecule has 2 amide bonds. The van der Waals surface area contributed by atoms with Crippen molar-refractivity contribution >= 4 is 17.5 Å². The zero-order valence-corrected chi connectivity index (χ0v) is 17.4. The third-order valence-corrected chi connectivity index (χ3v) is 5.16. The number of aryl methyl sites for hydroxylation is 1. The molecule has 1 aliphatic heterocycles. The standard InChI is InChI=1S/C23H21F2N5O2/c1-15-26-10-11-29(15)21-8-4-17(12-19(21)25)13-27-23(32)20-7-9-22(31)30(28-20)14-16-2-5-18(24)6-3-16/h2-6,8,10-12H,7,9,13-14H2,1H3,(H,27,32). The molecule has 0 atom stereocenters. The van der Waals surface area contributed by atoms with Gasteiger partial charge in [0.1, 0.15) is 23.2 Å². The number of nitrogens with one attached hydrogen (secondary N) is 1. The van der Waals surface area contributed by atoms with Crippen LogP contribution in [0.3, 0.4) is 0 Å². The second-order valence-corrected chi connectivity index (χ2v) is 7.44. The Morgan fingerprint density at radius 2 is 1.84 bits per heavy atom. The Morgan fingerprint density at radius 1 is 1.09 bits per heavy atom. The minimum absolute atomic E-state index is 0.115. The van der Waals surface area contributed by atoms with Gasteiger partial charge in [0.2, 0.25) is 5.91 Å². The highest BCUT2D eigenvalue weighted by Crippen LogP contribution is 2.17. The minimum atomic E-state index is -0.427. The number of rotatable bonds is 6. The molecule has 0 saturated carbocycles. The van der Waals surface area contributed by atoms with E-state index in [1.165, 1.54) is 23.2 Å². The molecular weight excluding hydrogens is 416 g/mol. The predicted molar refractivity (Wildman–Crippen MR) is 114 cm³/mol. The van der Waals surface area contributed by atoms with Gasteiger partial charge < -0.3 is 9.88 Å². The summed E-state index contributed by atoms with van der Waals surface area (Å²) in [6, 6.07) is 10.5. The Bertz CT molecular complexity index is 1190. The van der Waals surface area contributed by atoms with Gasteiger partial charge in [-0.25, -0.2) is 18.8 Å². The van der Waals surface area contributed by atoms with E-state index in [9.17, 15) is 18.4 Å². The van der Waals surface area contributed by atoms with E-state index in [1.807, 2.05) is 0 Å². The van der Waals surface area contributed by atoms with Crippen molar-refractivity contribution in [2.24, 2.45) is 5.10 Å². The summed E-state index contributed by atoms with van der Waals surface area (Å²) in [5.41, 5.74) is 1.89. The summed E-state index contributed by atoms with van der Waals surface area (Å²) in [6.07, 6.45) is 3.64. The third kappa shape index (κ3) is 4.72. The summed E-state index contributed by atoms with van der Waals surface area (Å²) in [7, 11) is 0. The van der Waals surface area contributed by atoms with Crippen LogP contribution in [0.4, 0.5) is 8.78 Å². The Morgan fingerprint density at radius 3 is 2.53 bits per heavy atom. The highest BCUT2D eigenvalue weighted by atomic mass is 19.1. The molecule has 7 nitrogen and oxygen atoms in total. The molecule has 4 rings (SSSR count). The first-order valence-corrected chi connectivity index (χ1v) is 10.1. The van der Waals surface area contributed by atoms with E-state index >= 15 is 0 Å². The van der Waals surface area contributed by atoms with Crippen LogP contribution in [0, 0.1) is 18.6 Å². The number of hydrazone groups is 1. The van der Waals surface area contributed by atoms with Gasteiger partial charge in [-0.05, 0) is 42.3 Å². The van der Waals surface area contributed by atoms with Crippen molar-refractivity contribution in [3.8, 4) is 5.69 Å². The molecule has 164 valence electrons. The van der Waals surface area contributed by atoms with Crippen molar-refractivity contribution in [2.75, 3.05) is 0 Å². The number of carbonyl (C=O) groups is 2. The van der Waals surface area contributed by atoms with E-state index in [0.29, 0.717) is 22.6 Å². The molecule has 3 aromatic rings. The van der Waals surface area contributed by atoms with Gasteiger partial charge in [0.25, 0.3) is 5.91 Å². The average Bonchev–Trinajstić information content (AvgIpc) is 3.20. The number of hydrogen-bond donors (Lipinski definition) is 1. The SMILES string of the molecule is Cc1nccn1-c1ccc(CNC(=O)C2=NN(Cc3ccc(F)cc3)C(=O)CC2)cc1F. The molecule has 1 aromatic heterocycles. The normalized spacial score (nSPS) is 13.8. The van der Waals surface area contributed by atoms with Gasteiger partial charge in [-0.2, -0.15) is 5.10 Å². The van der Waals surface area contributed by atoms with Crippen LogP contribution in [0.2, 0.25) is 0 Å². The lowest BCUT2D eigenvalue weighted by Gasteiger charge is -2.23. The number of carbonyl (C=O) groups excluding carboxylic acids is 2. The molecule has 9 heteroatoms. The van der Waals surface area contributed by atoms with Crippen LogP contribution in [0.15, 0.2) is 60.0 Å². The van der Waals surface area contributed by atoms with Crippen molar-refractivity contribution in [1.82, 2.24) is 19.9 Å². The van der Waals surface area contributed by atoms with Gasteiger partial charge in [0.05, 0.1) is 12.2 Å². The summed E-state index contributed by atoms with van der Waals surface area (Å²) >= 11 is 0. The van der Waals surface area contributed by atoms with Crippen LogP contribution in [-0.4, -0.2) is 32.1 Å². The quantitative estimate of drug-likeness (QED) is 0.643. The van der Waals surface area contributed by atoms with Gasteiger partial charge >= 0.3 is 0 Å². The second kappa shape index (κ2) is 9.09. The molecule has 0 aliphatic carbocycles. The fraction of sp³-hybridized carbons (Fsp3) is 0.217. The predicted octanol–water partition coefficient (Wildman–Crippen LogP) is 3.25. The first-order chi connectivity index (χ1) is 15.4. The Labute approximate surface area is 183 Å². The van der Waals surface area contributed by atoms with E-state index in [1.54, 1.807) is 48.1 Å². The first-order valence-electron chi connectivity index (χ1n) is 10.1. The molecule has 0 fully saturated rings. The van der Waals surface area contributed by atoms with Crippen LogP contribution < -0.4 is 5.32 Å². The molecule has 2 aromatic carbocycles. The molecule has 0 unspecified atom stereocenters. The van der Waals surface area contributed by atoms with Crippen molar-refractivity contribution < 1.29 is 18.4 Å². The minimum Gasteiger partial charge on any atom is -0.347 e. The topological polar surface area (TPSA) is 79.6 Å². The van der Waals surface area contributed by atoms with Gasteiger partial charge in [0, 0.05) is 31.8 Å². The maximum Gasteiger partial charge on any atom is 0.267 e. The molecule has 0 spiro atoms. The van der Waals surface area contributed by atoms with Crippen LogP contribution in [0.25, 0.3) is 5.69 Å². The van der Waals surface area contributed by atoms with Gasteiger partial charge in [-0.3, -0.25) is 9.59 Å². The number of imidazole rings is 1. The number of halogens is 2. The van der Waals surface area contributed by atoms with Crippen molar-refractivity contribution in [2.45, 2.75) is 32.9 Å². The van der Waals surface area contributed by atoms with E-state index in [2.05, 4.69) is 15.4 Å². The van der Waals surface area contributed by atoms with Crippen LogP contribution in [0.5, 0.6) is 0 Å². The number of aromatic nitrogens is 2.